The number of rotatable bonds is 4. The van der Waals surface area contributed by atoms with Crippen LogP contribution in [0.1, 0.15) is 35.7 Å². The number of pyridine rings is 1. The van der Waals surface area contributed by atoms with E-state index in [1.54, 1.807) is 0 Å². The van der Waals surface area contributed by atoms with Crippen LogP contribution in [0.2, 0.25) is 5.02 Å². The fourth-order valence-corrected chi connectivity index (χ4v) is 1.86. The molecule has 0 aliphatic carbocycles. The molecule has 0 aliphatic heterocycles. The summed E-state index contributed by atoms with van der Waals surface area (Å²) in [6.45, 7) is 4.21. The molecule has 1 heterocycles. The lowest BCUT2D eigenvalue weighted by atomic mass is 10.0. The molecule has 104 valence electrons. The number of carboxylic acids is 1. The number of benzene rings is 1. The zero-order chi connectivity index (χ0) is 14.7. The van der Waals surface area contributed by atoms with Crippen molar-refractivity contribution in [2.75, 3.05) is 0 Å². The zero-order valence-electron chi connectivity index (χ0n) is 11.1. The van der Waals surface area contributed by atoms with Gasteiger partial charge in [-0.3, -0.25) is 0 Å². The van der Waals surface area contributed by atoms with Crippen molar-refractivity contribution in [3.8, 4) is 11.6 Å². The van der Waals surface area contributed by atoms with Crippen LogP contribution < -0.4 is 4.74 Å². The molecular weight excluding hydrogens is 278 g/mol. The van der Waals surface area contributed by atoms with Crippen molar-refractivity contribution < 1.29 is 14.6 Å². The summed E-state index contributed by atoms with van der Waals surface area (Å²) in [5.74, 6) is 0.124. The lowest BCUT2D eigenvalue weighted by molar-refractivity contribution is 0.0696. The average molecular weight is 292 g/mol. The van der Waals surface area contributed by atoms with Gasteiger partial charge in [-0.1, -0.05) is 37.6 Å². The van der Waals surface area contributed by atoms with E-state index in [2.05, 4.69) is 18.8 Å². The molecule has 0 radical (unpaired) electrons. The highest BCUT2D eigenvalue weighted by Gasteiger charge is 2.11. The van der Waals surface area contributed by atoms with Gasteiger partial charge in [0, 0.05) is 6.07 Å². The summed E-state index contributed by atoms with van der Waals surface area (Å²) in [6, 6.07) is 8.89. The zero-order valence-corrected chi connectivity index (χ0v) is 11.9. The summed E-state index contributed by atoms with van der Waals surface area (Å²) in [6.07, 6.45) is 1.27. The van der Waals surface area contributed by atoms with Crippen LogP contribution in [-0.2, 0) is 0 Å². The Morgan fingerprint density at radius 3 is 2.50 bits per heavy atom. The first kappa shape index (κ1) is 14.3. The fourth-order valence-electron chi connectivity index (χ4n) is 1.68. The third-order valence-electron chi connectivity index (χ3n) is 2.83. The number of hydrogen-bond acceptors (Lipinski definition) is 3. The SMILES string of the molecule is CC(C)c1ccc(Oc2cc(C(=O)O)c(Cl)cn2)cc1. The molecule has 2 rings (SSSR count). The van der Waals surface area contributed by atoms with Crippen molar-refractivity contribution in [1.29, 1.82) is 0 Å². The molecule has 0 unspecified atom stereocenters. The number of carboxylic acid groups (broad SMARTS) is 1. The topological polar surface area (TPSA) is 59.4 Å². The summed E-state index contributed by atoms with van der Waals surface area (Å²) in [5.41, 5.74) is 1.17. The van der Waals surface area contributed by atoms with Crippen molar-refractivity contribution in [3.05, 3.63) is 52.7 Å². The van der Waals surface area contributed by atoms with Crippen LogP contribution in [0, 0.1) is 0 Å². The molecule has 1 N–H and O–H groups in total. The second-order valence-corrected chi connectivity index (χ2v) is 5.04. The number of nitrogens with zero attached hydrogens (tertiary/aromatic N) is 1. The third-order valence-corrected chi connectivity index (χ3v) is 3.13. The molecule has 20 heavy (non-hydrogen) atoms. The molecule has 0 bridgehead atoms. The Labute approximate surface area is 122 Å². The Hall–Kier alpha value is -2.07. The van der Waals surface area contributed by atoms with E-state index in [1.807, 2.05) is 24.3 Å². The predicted molar refractivity (Wildman–Crippen MR) is 76.8 cm³/mol. The van der Waals surface area contributed by atoms with Crippen molar-refractivity contribution in [2.24, 2.45) is 0 Å². The maximum Gasteiger partial charge on any atom is 0.337 e. The molecule has 0 saturated heterocycles. The lowest BCUT2D eigenvalue weighted by Gasteiger charge is -2.08. The van der Waals surface area contributed by atoms with Crippen LogP contribution in [0.15, 0.2) is 36.5 Å². The standard InChI is InChI=1S/C15H14ClNO3/c1-9(2)10-3-5-11(6-4-10)20-14-7-12(15(18)19)13(16)8-17-14/h3-9H,1-2H3,(H,18,19). The Morgan fingerprint density at radius 2 is 1.95 bits per heavy atom. The van der Waals surface area contributed by atoms with Gasteiger partial charge in [0.25, 0.3) is 0 Å². The second-order valence-electron chi connectivity index (χ2n) is 4.63. The van der Waals surface area contributed by atoms with E-state index in [0.29, 0.717) is 11.7 Å². The maximum atomic E-state index is 11.0. The molecular formula is C15H14ClNO3. The number of ether oxygens (including phenoxy) is 1. The molecule has 1 aromatic carbocycles. The minimum Gasteiger partial charge on any atom is -0.478 e. The van der Waals surface area contributed by atoms with Crippen LogP contribution in [0.25, 0.3) is 0 Å². The van der Waals surface area contributed by atoms with Crippen LogP contribution in [-0.4, -0.2) is 16.1 Å². The molecule has 5 heteroatoms. The minimum absolute atomic E-state index is 0.0320. The van der Waals surface area contributed by atoms with Crippen LogP contribution >= 0.6 is 11.6 Å². The highest BCUT2D eigenvalue weighted by atomic mass is 35.5. The van der Waals surface area contributed by atoms with Gasteiger partial charge in [0.1, 0.15) is 5.75 Å². The summed E-state index contributed by atoms with van der Waals surface area (Å²) in [5, 5.41) is 9.07. The molecule has 0 saturated carbocycles. The Balaban J connectivity index is 2.21. The molecule has 0 aliphatic rings. The van der Waals surface area contributed by atoms with E-state index in [1.165, 1.54) is 17.8 Å². The van der Waals surface area contributed by atoms with Gasteiger partial charge >= 0.3 is 5.97 Å². The second kappa shape index (κ2) is 5.92. The number of aromatic nitrogens is 1. The minimum atomic E-state index is -1.11. The van der Waals surface area contributed by atoms with E-state index >= 15 is 0 Å². The molecule has 4 nitrogen and oxygen atoms in total. The first-order chi connectivity index (χ1) is 9.47. The van der Waals surface area contributed by atoms with Crippen molar-refractivity contribution in [2.45, 2.75) is 19.8 Å². The van der Waals surface area contributed by atoms with Gasteiger partial charge in [-0.15, -0.1) is 0 Å². The van der Waals surface area contributed by atoms with Gasteiger partial charge in [-0.2, -0.15) is 0 Å². The summed E-state index contributed by atoms with van der Waals surface area (Å²) in [7, 11) is 0. The number of halogens is 1. The summed E-state index contributed by atoms with van der Waals surface area (Å²) in [4.78, 5) is 14.9. The summed E-state index contributed by atoms with van der Waals surface area (Å²) >= 11 is 5.75. The number of carbonyl (C=O) groups is 1. The molecule has 1 aromatic heterocycles. The van der Waals surface area contributed by atoms with Gasteiger partial charge in [-0.25, -0.2) is 9.78 Å². The van der Waals surface area contributed by atoms with Crippen LogP contribution in [0.3, 0.4) is 0 Å². The van der Waals surface area contributed by atoms with Crippen LogP contribution in [0.4, 0.5) is 0 Å². The van der Waals surface area contributed by atoms with Crippen molar-refractivity contribution in [1.82, 2.24) is 4.98 Å². The van der Waals surface area contributed by atoms with Gasteiger partial charge in [0.2, 0.25) is 5.88 Å². The smallest absolute Gasteiger partial charge is 0.337 e. The molecule has 2 aromatic rings. The van der Waals surface area contributed by atoms with Gasteiger partial charge in [-0.05, 0) is 23.6 Å². The van der Waals surface area contributed by atoms with E-state index < -0.39 is 5.97 Å². The average Bonchev–Trinajstić information content (AvgIpc) is 2.41. The Kier molecular flexibility index (Phi) is 4.25. The molecule has 0 amide bonds. The van der Waals surface area contributed by atoms with E-state index in [0.717, 1.165) is 0 Å². The monoisotopic (exact) mass is 291 g/mol. The van der Waals surface area contributed by atoms with Gasteiger partial charge in [0.05, 0.1) is 16.8 Å². The summed E-state index contributed by atoms with van der Waals surface area (Å²) < 4.78 is 5.53. The van der Waals surface area contributed by atoms with E-state index in [9.17, 15) is 4.79 Å². The first-order valence-electron chi connectivity index (χ1n) is 6.14. The van der Waals surface area contributed by atoms with E-state index in [4.69, 9.17) is 21.4 Å². The quantitative estimate of drug-likeness (QED) is 0.910. The predicted octanol–water partition coefficient (Wildman–Crippen LogP) is 4.35. The lowest BCUT2D eigenvalue weighted by Crippen LogP contribution is -1.99. The third kappa shape index (κ3) is 3.27. The number of aromatic carboxylic acids is 1. The fraction of sp³-hybridized carbons (Fsp3) is 0.200. The van der Waals surface area contributed by atoms with Crippen molar-refractivity contribution in [3.63, 3.8) is 0 Å². The molecule has 0 spiro atoms. The first-order valence-corrected chi connectivity index (χ1v) is 6.52. The highest BCUT2D eigenvalue weighted by molar-refractivity contribution is 6.33. The Morgan fingerprint density at radius 1 is 1.30 bits per heavy atom. The Bertz CT molecular complexity index is 624. The van der Waals surface area contributed by atoms with Gasteiger partial charge < -0.3 is 9.84 Å². The largest absolute Gasteiger partial charge is 0.478 e. The molecule has 0 fully saturated rings. The van der Waals surface area contributed by atoms with E-state index in [-0.39, 0.29) is 16.5 Å². The highest BCUT2D eigenvalue weighted by Crippen LogP contribution is 2.25. The van der Waals surface area contributed by atoms with Crippen molar-refractivity contribution >= 4 is 17.6 Å². The van der Waals surface area contributed by atoms with Crippen LogP contribution in [0.5, 0.6) is 11.6 Å². The van der Waals surface area contributed by atoms with Gasteiger partial charge in [0.15, 0.2) is 0 Å². The maximum absolute atomic E-state index is 11.0. The number of hydrogen-bond donors (Lipinski definition) is 1. The normalized spacial score (nSPS) is 10.6. The molecule has 0 atom stereocenters.